The summed E-state index contributed by atoms with van der Waals surface area (Å²) in [5.41, 5.74) is 2.20. The van der Waals surface area contributed by atoms with Crippen molar-refractivity contribution in [2.45, 2.75) is 58.1 Å². The SMILES string of the molecule is Cc1ccc(CN=C(NCC(=O)N(C)C)NCC2CCCCC2)c(OC2CCOC2)c1.I. The van der Waals surface area contributed by atoms with Crippen LogP contribution in [0.5, 0.6) is 5.75 Å². The molecule has 1 aromatic carbocycles. The number of carbonyl (C=O) groups excluding carboxylic acids is 1. The Bertz CT molecular complexity index is 745. The quantitative estimate of drug-likeness (QED) is 0.291. The minimum Gasteiger partial charge on any atom is -0.488 e. The van der Waals surface area contributed by atoms with Gasteiger partial charge in [0.25, 0.3) is 0 Å². The predicted molar refractivity (Wildman–Crippen MR) is 139 cm³/mol. The van der Waals surface area contributed by atoms with Gasteiger partial charge in [-0.15, -0.1) is 24.0 Å². The summed E-state index contributed by atoms with van der Waals surface area (Å²) >= 11 is 0. The Kier molecular flexibility index (Phi) is 11.6. The zero-order valence-electron chi connectivity index (χ0n) is 19.7. The molecule has 2 aliphatic rings. The minimum absolute atomic E-state index is 0. The Labute approximate surface area is 209 Å². The summed E-state index contributed by atoms with van der Waals surface area (Å²) in [7, 11) is 3.53. The summed E-state index contributed by atoms with van der Waals surface area (Å²) in [6.07, 6.45) is 7.49. The van der Waals surface area contributed by atoms with Gasteiger partial charge in [0, 0.05) is 32.6 Å². The van der Waals surface area contributed by atoms with Gasteiger partial charge in [-0.3, -0.25) is 4.79 Å². The van der Waals surface area contributed by atoms with E-state index in [0.717, 1.165) is 36.4 Å². The van der Waals surface area contributed by atoms with Gasteiger partial charge < -0.3 is 25.0 Å². The van der Waals surface area contributed by atoms with Crippen molar-refractivity contribution in [3.63, 3.8) is 0 Å². The van der Waals surface area contributed by atoms with E-state index in [1.807, 2.05) is 0 Å². The number of rotatable bonds is 8. The van der Waals surface area contributed by atoms with Gasteiger partial charge in [-0.25, -0.2) is 4.99 Å². The van der Waals surface area contributed by atoms with Gasteiger partial charge in [-0.05, 0) is 37.3 Å². The second kappa shape index (κ2) is 13.9. The molecular formula is C24H39IN4O3. The van der Waals surface area contributed by atoms with Crippen LogP contribution in [0.1, 0.15) is 49.7 Å². The Hall–Kier alpha value is -1.55. The van der Waals surface area contributed by atoms with Crippen LogP contribution < -0.4 is 15.4 Å². The normalized spacial score (nSPS) is 19.2. The molecule has 1 amide bonds. The molecule has 1 aromatic rings. The van der Waals surface area contributed by atoms with Crippen LogP contribution in [0.25, 0.3) is 0 Å². The molecule has 7 nitrogen and oxygen atoms in total. The number of amides is 1. The summed E-state index contributed by atoms with van der Waals surface area (Å²) in [4.78, 5) is 18.4. The number of nitrogens with zero attached hydrogens (tertiary/aromatic N) is 2. The molecule has 1 saturated heterocycles. The van der Waals surface area contributed by atoms with Crippen molar-refractivity contribution in [2.75, 3.05) is 40.4 Å². The maximum absolute atomic E-state index is 12.1. The maximum Gasteiger partial charge on any atom is 0.241 e. The van der Waals surface area contributed by atoms with E-state index in [2.05, 4.69) is 35.8 Å². The Morgan fingerprint density at radius 3 is 2.66 bits per heavy atom. The summed E-state index contributed by atoms with van der Waals surface area (Å²) in [6, 6.07) is 6.23. The molecule has 0 bridgehead atoms. The molecule has 1 atom stereocenters. The van der Waals surface area contributed by atoms with Gasteiger partial charge in [0.15, 0.2) is 5.96 Å². The second-order valence-corrected chi connectivity index (χ2v) is 8.91. The smallest absolute Gasteiger partial charge is 0.241 e. The van der Waals surface area contributed by atoms with Crippen LogP contribution in [-0.2, 0) is 16.1 Å². The number of benzene rings is 1. The molecule has 1 aliphatic carbocycles. The van der Waals surface area contributed by atoms with E-state index in [1.54, 1.807) is 19.0 Å². The summed E-state index contributed by atoms with van der Waals surface area (Å²) in [5.74, 6) is 2.24. The topological polar surface area (TPSA) is 75.2 Å². The summed E-state index contributed by atoms with van der Waals surface area (Å²) < 4.78 is 11.7. The molecule has 1 unspecified atom stereocenters. The highest BCUT2D eigenvalue weighted by Crippen LogP contribution is 2.25. The number of hydrogen-bond donors (Lipinski definition) is 2. The van der Waals surface area contributed by atoms with E-state index in [-0.39, 0.29) is 42.5 Å². The fraction of sp³-hybridized carbons (Fsp3) is 0.667. The van der Waals surface area contributed by atoms with Crippen molar-refractivity contribution < 1.29 is 14.3 Å². The van der Waals surface area contributed by atoms with Crippen LogP contribution in [-0.4, -0.2) is 63.3 Å². The molecule has 2 fully saturated rings. The molecule has 3 rings (SSSR count). The van der Waals surface area contributed by atoms with Gasteiger partial charge in [-0.1, -0.05) is 31.4 Å². The van der Waals surface area contributed by atoms with E-state index in [1.165, 1.54) is 32.1 Å². The molecule has 1 aliphatic heterocycles. The number of nitrogens with one attached hydrogen (secondary N) is 2. The number of likely N-dealkylation sites (N-methyl/N-ethyl adjacent to an activating group) is 1. The van der Waals surface area contributed by atoms with Crippen LogP contribution >= 0.6 is 24.0 Å². The van der Waals surface area contributed by atoms with Crippen molar-refractivity contribution >= 4 is 35.8 Å². The third-order valence-corrected chi connectivity index (χ3v) is 6.00. The molecule has 0 spiro atoms. The number of carbonyl (C=O) groups is 1. The first-order chi connectivity index (χ1) is 15.0. The number of aliphatic imine (C=N–C) groups is 1. The fourth-order valence-electron chi connectivity index (χ4n) is 3.98. The standard InChI is InChI=1S/C24H38N4O3.HI/c1-18-9-10-20(22(13-18)31-21-11-12-30-17-21)15-26-24(27-16-23(29)28(2)3)25-14-19-7-5-4-6-8-19;/h9-10,13,19,21H,4-8,11-12,14-17H2,1-3H3,(H2,25,26,27);1H. The van der Waals surface area contributed by atoms with Gasteiger partial charge >= 0.3 is 0 Å². The van der Waals surface area contributed by atoms with Crippen LogP contribution in [0.3, 0.4) is 0 Å². The number of aryl methyl sites for hydroxylation is 1. The fourth-order valence-corrected chi connectivity index (χ4v) is 3.98. The lowest BCUT2D eigenvalue weighted by Crippen LogP contribution is -2.44. The maximum atomic E-state index is 12.1. The number of halogens is 1. The average Bonchev–Trinajstić information content (AvgIpc) is 3.27. The zero-order chi connectivity index (χ0) is 22.1. The van der Waals surface area contributed by atoms with E-state index in [0.29, 0.717) is 25.0 Å². The van der Waals surface area contributed by atoms with Crippen molar-refractivity contribution in [1.82, 2.24) is 15.5 Å². The number of ether oxygens (including phenoxy) is 2. The molecule has 0 radical (unpaired) electrons. The molecule has 1 saturated carbocycles. The lowest BCUT2D eigenvalue weighted by atomic mass is 9.89. The second-order valence-electron chi connectivity index (χ2n) is 8.91. The number of guanidine groups is 1. The zero-order valence-corrected chi connectivity index (χ0v) is 22.0. The third kappa shape index (κ3) is 8.77. The lowest BCUT2D eigenvalue weighted by molar-refractivity contribution is -0.127. The molecule has 180 valence electrons. The molecule has 8 heteroatoms. The van der Waals surface area contributed by atoms with E-state index >= 15 is 0 Å². The monoisotopic (exact) mass is 558 g/mol. The predicted octanol–water partition coefficient (Wildman–Crippen LogP) is 3.48. The van der Waals surface area contributed by atoms with Gasteiger partial charge in [0.2, 0.25) is 5.91 Å². The van der Waals surface area contributed by atoms with E-state index in [4.69, 9.17) is 14.5 Å². The highest BCUT2D eigenvalue weighted by molar-refractivity contribution is 14.0. The molecule has 0 aromatic heterocycles. The van der Waals surface area contributed by atoms with Crippen molar-refractivity contribution in [2.24, 2.45) is 10.9 Å². The van der Waals surface area contributed by atoms with Gasteiger partial charge in [0.1, 0.15) is 11.9 Å². The van der Waals surface area contributed by atoms with E-state index < -0.39 is 0 Å². The van der Waals surface area contributed by atoms with Crippen molar-refractivity contribution in [3.8, 4) is 5.75 Å². The minimum atomic E-state index is 0. The molecule has 2 N–H and O–H groups in total. The molecule has 1 heterocycles. The highest BCUT2D eigenvalue weighted by atomic mass is 127. The van der Waals surface area contributed by atoms with Gasteiger partial charge in [0.05, 0.1) is 26.3 Å². The molecule has 32 heavy (non-hydrogen) atoms. The highest BCUT2D eigenvalue weighted by Gasteiger charge is 2.19. The number of hydrogen-bond acceptors (Lipinski definition) is 4. The third-order valence-electron chi connectivity index (χ3n) is 6.00. The van der Waals surface area contributed by atoms with E-state index in [9.17, 15) is 4.79 Å². The Morgan fingerprint density at radius 1 is 1.19 bits per heavy atom. The van der Waals surface area contributed by atoms with Crippen LogP contribution in [0.4, 0.5) is 0 Å². The Balaban J connectivity index is 0.00000363. The van der Waals surface area contributed by atoms with Gasteiger partial charge in [-0.2, -0.15) is 0 Å². The summed E-state index contributed by atoms with van der Waals surface area (Å²) in [6.45, 7) is 5.05. The van der Waals surface area contributed by atoms with Crippen LogP contribution in [0.15, 0.2) is 23.2 Å². The Morgan fingerprint density at radius 2 is 1.97 bits per heavy atom. The van der Waals surface area contributed by atoms with Crippen LogP contribution in [0.2, 0.25) is 0 Å². The first-order valence-corrected chi connectivity index (χ1v) is 11.6. The average molecular weight is 559 g/mol. The van der Waals surface area contributed by atoms with Crippen molar-refractivity contribution in [1.29, 1.82) is 0 Å². The lowest BCUT2D eigenvalue weighted by Gasteiger charge is -2.23. The van der Waals surface area contributed by atoms with Crippen LogP contribution in [0, 0.1) is 12.8 Å². The molecular weight excluding hydrogens is 519 g/mol. The first-order valence-electron chi connectivity index (χ1n) is 11.6. The summed E-state index contributed by atoms with van der Waals surface area (Å²) in [5, 5.41) is 6.67. The van der Waals surface area contributed by atoms with Crippen molar-refractivity contribution in [3.05, 3.63) is 29.3 Å². The largest absolute Gasteiger partial charge is 0.488 e. The first kappa shape index (κ1) is 26.7.